The molecule has 0 saturated heterocycles. The van der Waals surface area contributed by atoms with Gasteiger partial charge in [0.2, 0.25) is 5.91 Å². The van der Waals surface area contributed by atoms with Gasteiger partial charge in [-0.2, -0.15) is 0 Å². The Balaban J connectivity index is 2.18. The van der Waals surface area contributed by atoms with Crippen LogP contribution in [0, 0.1) is 0 Å². The minimum absolute atomic E-state index is 0.289. The van der Waals surface area contributed by atoms with Gasteiger partial charge in [-0.25, -0.2) is 0 Å². The van der Waals surface area contributed by atoms with Crippen LogP contribution in [-0.2, 0) is 11.3 Å². The molecule has 0 spiro atoms. The standard InChI is InChI=1S/C25H45N2O2/c1-6-7-8-9-10-11-12-13-14-15-25(28)26(2)20-21-27(3,4)22-23-16-18-24(29-5)19-17-23/h16-19H,6-15,20-22H2,1-5H3/q+1. The molecule has 0 aromatic heterocycles. The summed E-state index contributed by atoms with van der Waals surface area (Å²) in [5, 5.41) is 0. The van der Waals surface area contributed by atoms with Gasteiger partial charge in [0, 0.05) is 19.0 Å². The molecule has 29 heavy (non-hydrogen) atoms. The van der Waals surface area contributed by atoms with Crippen LogP contribution in [0.25, 0.3) is 0 Å². The maximum atomic E-state index is 12.4. The summed E-state index contributed by atoms with van der Waals surface area (Å²) in [5.41, 5.74) is 1.29. The number of amides is 1. The zero-order valence-corrected chi connectivity index (χ0v) is 19.7. The van der Waals surface area contributed by atoms with Gasteiger partial charge in [-0.3, -0.25) is 4.79 Å². The highest BCUT2D eigenvalue weighted by Crippen LogP contribution is 2.15. The summed E-state index contributed by atoms with van der Waals surface area (Å²) >= 11 is 0. The number of hydrogen-bond acceptors (Lipinski definition) is 2. The Kier molecular flexibility index (Phi) is 12.7. The highest BCUT2D eigenvalue weighted by atomic mass is 16.5. The first-order chi connectivity index (χ1) is 13.9. The van der Waals surface area contributed by atoms with E-state index in [9.17, 15) is 4.79 Å². The fourth-order valence-electron chi connectivity index (χ4n) is 3.63. The summed E-state index contributed by atoms with van der Waals surface area (Å²) in [7, 11) is 8.09. The van der Waals surface area contributed by atoms with Crippen molar-refractivity contribution in [3.8, 4) is 5.75 Å². The summed E-state index contributed by atoms with van der Waals surface area (Å²) in [4.78, 5) is 14.3. The Morgan fingerprint density at radius 3 is 2.03 bits per heavy atom. The van der Waals surface area contributed by atoms with Crippen LogP contribution in [0.1, 0.15) is 76.7 Å². The molecule has 0 bridgehead atoms. The highest BCUT2D eigenvalue weighted by molar-refractivity contribution is 5.75. The topological polar surface area (TPSA) is 29.5 Å². The van der Waals surface area contributed by atoms with Gasteiger partial charge in [0.05, 0.1) is 34.3 Å². The van der Waals surface area contributed by atoms with Gasteiger partial charge in [-0.05, 0) is 30.7 Å². The van der Waals surface area contributed by atoms with Crippen LogP contribution >= 0.6 is 0 Å². The molecule has 0 aliphatic heterocycles. The molecule has 0 aliphatic rings. The van der Waals surface area contributed by atoms with E-state index < -0.39 is 0 Å². The second kappa shape index (κ2) is 14.4. The minimum atomic E-state index is 0.289. The number of carbonyl (C=O) groups excluding carboxylic acids is 1. The molecule has 0 radical (unpaired) electrons. The van der Waals surface area contributed by atoms with Gasteiger partial charge in [0.25, 0.3) is 0 Å². The van der Waals surface area contributed by atoms with Crippen LogP contribution in [0.2, 0.25) is 0 Å². The Labute approximate surface area is 179 Å². The molecule has 4 nitrogen and oxygen atoms in total. The zero-order chi connectivity index (χ0) is 21.5. The van der Waals surface area contributed by atoms with Crippen molar-refractivity contribution in [3.05, 3.63) is 29.8 Å². The molecular weight excluding hydrogens is 360 g/mol. The smallest absolute Gasteiger partial charge is 0.222 e. The minimum Gasteiger partial charge on any atom is -0.497 e. The highest BCUT2D eigenvalue weighted by Gasteiger charge is 2.18. The average molecular weight is 406 g/mol. The summed E-state index contributed by atoms with van der Waals surface area (Å²) in [6.45, 7) is 4.96. The predicted molar refractivity (Wildman–Crippen MR) is 123 cm³/mol. The van der Waals surface area contributed by atoms with Crippen molar-refractivity contribution in [2.45, 2.75) is 77.7 Å². The largest absolute Gasteiger partial charge is 0.497 e. The number of benzene rings is 1. The van der Waals surface area contributed by atoms with Crippen molar-refractivity contribution >= 4 is 5.91 Å². The lowest BCUT2D eigenvalue weighted by Gasteiger charge is -2.32. The van der Waals surface area contributed by atoms with E-state index in [1.165, 1.54) is 56.9 Å². The van der Waals surface area contributed by atoms with Gasteiger partial charge in [-0.1, -0.05) is 58.3 Å². The number of methoxy groups -OCH3 is 1. The molecule has 0 saturated carbocycles. The van der Waals surface area contributed by atoms with E-state index in [4.69, 9.17) is 4.74 Å². The van der Waals surface area contributed by atoms with Crippen molar-refractivity contribution in [2.75, 3.05) is 41.3 Å². The quantitative estimate of drug-likeness (QED) is 0.263. The van der Waals surface area contributed by atoms with E-state index in [1.54, 1.807) is 7.11 Å². The van der Waals surface area contributed by atoms with E-state index in [0.717, 1.165) is 36.3 Å². The number of hydrogen-bond donors (Lipinski definition) is 0. The van der Waals surface area contributed by atoms with Crippen LogP contribution in [0.4, 0.5) is 0 Å². The maximum Gasteiger partial charge on any atom is 0.222 e. The molecule has 4 heteroatoms. The average Bonchev–Trinajstić information content (AvgIpc) is 2.71. The number of ether oxygens (including phenoxy) is 1. The molecule has 0 heterocycles. The molecule has 166 valence electrons. The third-order valence-corrected chi connectivity index (χ3v) is 5.73. The monoisotopic (exact) mass is 405 g/mol. The lowest BCUT2D eigenvalue weighted by atomic mass is 10.1. The van der Waals surface area contributed by atoms with E-state index in [1.807, 2.05) is 24.1 Å². The fraction of sp³-hybridized carbons (Fsp3) is 0.720. The van der Waals surface area contributed by atoms with E-state index in [0.29, 0.717) is 6.42 Å². The third-order valence-electron chi connectivity index (χ3n) is 5.73. The number of rotatable bonds is 16. The van der Waals surface area contributed by atoms with Gasteiger partial charge in [-0.15, -0.1) is 0 Å². The van der Waals surface area contributed by atoms with Crippen LogP contribution in [-0.4, -0.2) is 56.6 Å². The molecule has 0 unspecified atom stereocenters. The van der Waals surface area contributed by atoms with Crippen molar-refractivity contribution in [2.24, 2.45) is 0 Å². The number of nitrogens with zero attached hydrogens (tertiary/aromatic N) is 2. The lowest BCUT2D eigenvalue weighted by molar-refractivity contribution is -0.903. The summed E-state index contributed by atoms with van der Waals surface area (Å²) in [5.74, 6) is 1.18. The molecule has 1 rings (SSSR count). The van der Waals surface area contributed by atoms with Crippen molar-refractivity contribution in [1.29, 1.82) is 0 Å². The van der Waals surface area contributed by atoms with Gasteiger partial charge in [0.1, 0.15) is 12.3 Å². The van der Waals surface area contributed by atoms with Crippen molar-refractivity contribution < 1.29 is 14.0 Å². The Hall–Kier alpha value is -1.55. The van der Waals surface area contributed by atoms with Crippen LogP contribution in [0.5, 0.6) is 5.75 Å². The van der Waals surface area contributed by atoms with Crippen molar-refractivity contribution in [1.82, 2.24) is 4.90 Å². The summed E-state index contributed by atoms with van der Waals surface area (Å²) < 4.78 is 6.09. The first-order valence-corrected chi connectivity index (χ1v) is 11.6. The first kappa shape index (κ1) is 25.5. The molecule has 0 fully saturated rings. The van der Waals surface area contributed by atoms with E-state index in [2.05, 4.69) is 33.2 Å². The Morgan fingerprint density at radius 1 is 0.931 bits per heavy atom. The Bertz CT molecular complexity index is 554. The lowest BCUT2D eigenvalue weighted by Crippen LogP contribution is -2.45. The number of likely N-dealkylation sites (N-methyl/N-ethyl adjacent to an activating group) is 2. The summed E-state index contributed by atoms with van der Waals surface area (Å²) in [6, 6.07) is 8.27. The summed E-state index contributed by atoms with van der Waals surface area (Å²) in [6.07, 6.45) is 12.3. The van der Waals surface area contributed by atoms with Gasteiger partial charge < -0.3 is 14.1 Å². The van der Waals surface area contributed by atoms with E-state index in [-0.39, 0.29) is 5.91 Å². The first-order valence-electron chi connectivity index (χ1n) is 11.6. The molecule has 0 atom stereocenters. The normalized spacial score (nSPS) is 11.5. The number of carbonyl (C=O) groups is 1. The number of unbranched alkanes of at least 4 members (excludes halogenated alkanes) is 8. The molecule has 1 aromatic carbocycles. The zero-order valence-electron chi connectivity index (χ0n) is 19.7. The van der Waals surface area contributed by atoms with Crippen molar-refractivity contribution in [3.63, 3.8) is 0 Å². The van der Waals surface area contributed by atoms with Gasteiger partial charge >= 0.3 is 0 Å². The molecule has 1 aromatic rings. The van der Waals surface area contributed by atoms with Gasteiger partial charge in [0.15, 0.2) is 0 Å². The molecular formula is C25H45N2O2+. The second-order valence-corrected chi connectivity index (χ2v) is 9.06. The van der Waals surface area contributed by atoms with Crippen LogP contribution in [0.3, 0.4) is 0 Å². The maximum absolute atomic E-state index is 12.4. The fourth-order valence-corrected chi connectivity index (χ4v) is 3.63. The molecule has 0 N–H and O–H groups in total. The Morgan fingerprint density at radius 2 is 1.48 bits per heavy atom. The van der Waals surface area contributed by atoms with E-state index >= 15 is 0 Å². The SMILES string of the molecule is CCCCCCCCCCCC(=O)N(C)CC[N+](C)(C)Cc1ccc(OC)cc1. The van der Waals surface area contributed by atoms with Crippen LogP contribution < -0.4 is 4.74 Å². The number of quaternary nitrogens is 1. The molecule has 0 aliphatic carbocycles. The molecule has 1 amide bonds. The third kappa shape index (κ3) is 11.9. The predicted octanol–water partition coefficient (Wildman–Crippen LogP) is 5.65. The second-order valence-electron chi connectivity index (χ2n) is 9.06. The van der Waals surface area contributed by atoms with Crippen LogP contribution in [0.15, 0.2) is 24.3 Å².